The van der Waals surface area contributed by atoms with Crippen LogP contribution in [-0.4, -0.2) is 42.8 Å². The second-order valence-electron chi connectivity index (χ2n) is 5.20. The molecule has 1 aromatic heterocycles. The van der Waals surface area contributed by atoms with Crippen LogP contribution in [0.25, 0.3) is 0 Å². The van der Waals surface area contributed by atoms with Gasteiger partial charge in [-0.2, -0.15) is 0 Å². The van der Waals surface area contributed by atoms with E-state index >= 15 is 0 Å². The fourth-order valence-corrected chi connectivity index (χ4v) is 3.12. The maximum atomic E-state index is 11.9. The average Bonchev–Trinajstić information content (AvgIpc) is 2.39. The molecule has 0 radical (unpaired) electrons. The SMILES string of the molecule is CC(C)S(=O)(=O)NC1CCCN(c2ncc(Cl)cn2)C1. The van der Waals surface area contributed by atoms with Crippen molar-refractivity contribution in [3.05, 3.63) is 17.4 Å². The molecule has 1 aromatic rings. The molecule has 0 amide bonds. The summed E-state index contributed by atoms with van der Waals surface area (Å²) in [4.78, 5) is 10.3. The number of hydrogen-bond acceptors (Lipinski definition) is 5. The Morgan fingerprint density at radius 1 is 1.40 bits per heavy atom. The van der Waals surface area contributed by atoms with Gasteiger partial charge in [-0.15, -0.1) is 0 Å². The first kappa shape index (κ1) is 15.5. The van der Waals surface area contributed by atoms with Crippen LogP contribution in [0.5, 0.6) is 0 Å². The molecular weight excluding hydrogens is 300 g/mol. The van der Waals surface area contributed by atoms with E-state index in [9.17, 15) is 8.42 Å². The van der Waals surface area contributed by atoms with E-state index < -0.39 is 15.3 Å². The Balaban J connectivity index is 2.04. The lowest BCUT2D eigenvalue weighted by atomic mass is 10.1. The van der Waals surface area contributed by atoms with E-state index in [1.54, 1.807) is 26.2 Å². The number of anilines is 1. The van der Waals surface area contributed by atoms with Gasteiger partial charge in [0, 0.05) is 19.1 Å². The predicted octanol–water partition coefficient (Wildman–Crippen LogP) is 1.43. The lowest BCUT2D eigenvalue weighted by Gasteiger charge is -2.33. The van der Waals surface area contributed by atoms with Gasteiger partial charge in [0.25, 0.3) is 0 Å². The quantitative estimate of drug-likeness (QED) is 0.909. The third-order valence-corrected chi connectivity index (χ3v) is 5.36. The summed E-state index contributed by atoms with van der Waals surface area (Å²) in [5.41, 5.74) is 0. The highest BCUT2D eigenvalue weighted by molar-refractivity contribution is 7.90. The molecule has 0 bridgehead atoms. The van der Waals surface area contributed by atoms with E-state index in [1.165, 1.54) is 0 Å². The molecule has 1 atom stereocenters. The van der Waals surface area contributed by atoms with Crippen LogP contribution in [0.4, 0.5) is 5.95 Å². The fraction of sp³-hybridized carbons (Fsp3) is 0.667. The normalized spacial score (nSPS) is 20.4. The van der Waals surface area contributed by atoms with Crippen molar-refractivity contribution < 1.29 is 8.42 Å². The van der Waals surface area contributed by atoms with Gasteiger partial charge in [-0.25, -0.2) is 23.1 Å². The summed E-state index contributed by atoms with van der Waals surface area (Å²) in [7, 11) is -3.25. The van der Waals surface area contributed by atoms with Gasteiger partial charge < -0.3 is 4.90 Å². The van der Waals surface area contributed by atoms with Crippen molar-refractivity contribution in [3.63, 3.8) is 0 Å². The van der Waals surface area contributed by atoms with Crippen molar-refractivity contribution in [2.45, 2.75) is 38.0 Å². The number of nitrogens with one attached hydrogen (secondary N) is 1. The van der Waals surface area contributed by atoms with Crippen LogP contribution in [0, 0.1) is 0 Å². The van der Waals surface area contributed by atoms with Crippen molar-refractivity contribution in [2.75, 3.05) is 18.0 Å². The van der Waals surface area contributed by atoms with Gasteiger partial charge in [-0.3, -0.25) is 0 Å². The first-order chi connectivity index (χ1) is 9.38. The summed E-state index contributed by atoms with van der Waals surface area (Å²) in [5, 5.41) is 0.0625. The number of piperidine rings is 1. The second kappa shape index (κ2) is 6.24. The third-order valence-electron chi connectivity index (χ3n) is 3.26. The Morgan fingerprint density at radius 3 is 2.65 bits per heavy atom. The van der Waals surface area contributed by atoms with Crippen molar-refractivity contribution in [2.24, 2.45) is 0 Å². The Bertz CT molecular complexity index is 547. The molecule has 0 aromatic carbocycles. The smallest absolute Gasteiger partial charge is 0.225 e. The summed E-state index contributed by atoms with van der Waals surface area (Å²) in [6.07, 6.45) is 4.82. The topological polar surface area (TPSA) is 75.2 Å². The van der Waals surface area contributed by atoms with Crippen LogP contribution in [-0.2, 0) is 10.0 Å². The van der Waals surface area contributed by atoms with Crippen LogP contribution < -0.4 is 9.62 Å². The molecule has 1 aliphatic heterocycles. The minimum absolute atomic E-state index is 0.101. The zero-order valence-corrected chi connectivity index (χ0v) is 13.2. The molecule has 6 nitrogen and oxygen atoms in total. The first-order valence-electron chi connectivity index (χ1n) is 6.62. The van der Waals surface area contributed by atoms with E-state index in [1.807, 2.05) is 4.90 Å². The zero-order valence-electron chi connectivity index (χ0n) is 11.6. The standard InChI is InChI=1S/C12H19ClN4O2S/c1-9(2)20(18,19)16-11-4-3-5-17(8-11)12-14-6-10(13)7-15-12/h6-7,9,11,16H,3-5,8H2,1-2H3. The zero-order chi connectivity index (χ0) is 14.8. The lowest BCUT2D eigenvalue weighted by Crippen LogP contribution is -2.49. The highest BCUT2D eigenvalue weighted by Gasteiger charge is 2.26. The van der Waals surface area contributed by atoms with E-state index in [2.05, 4.69) is 14.7 Å². The second-order valence-corrected chi connectivity index (χ2v) is 7.90. The van der Waals surface area contributed by atoms with Gasteiger partial charge in [-0.05, 0) is 26.7 Å². The van der Waals surface area contributed by atoms with Crippen LogP contribution in [0.15, 0.2) is 12.4 Å². The number of aromatic nitrogens is 2. The molecule has 1 N–H and O–H groups in total. The Kier molecular flexibility index (Phi) is 4.82. The highest BCUT2D eigenvalue weighted by Crippen LogP contribution is 2.17. The highest BCUT2D eigenvalue weighted by atomic mass is 35.5. The van der Waals surface area contributed by atoms with Gasteiger partial charge in [0.2, 0.25) is 16.0 Å². The number of sulfonamides is 1. The molecule has 2 rings (SSSR count). The monoisotopic (exact) mass is 318 g/mol. The van der Waals surface area contributed by atoms with Gasteiger partial charge >= 0.3 is 0 Å². The van der Waals surface area contributed by atoms with Crippen LogP contribution >= 0.6 is 11.6 Å². The van der Waals surface area contributed by atoms with Crippen molar-refractivity contribution in [1.29, 1.82) is 0 Å². The summed E-state index contributed by atoms with van der Waals surface area (Å²) >= 11 is 5.77. The molecule has 0 aliphatic carbocycles. The fourth-order valence-electron chi connectivity index (χ4n) is 2.09. The average molecular weight is 319 g/mol. The van der Waals surface area contributed by atoms with Crippen LogP contribution in [0.2, 0.25) is 5.02 Å². The predicted molar refractivity (Wildman–Crippen MR) is 79.5 cm³/mol. The molecule has 2 heterocycles. The molecule has 0 spiro atoms. The van der Waals surface area contributed by atoms with Gasteiger partial charge in [0.1, 0.15) is 0 Å². The lowest BCUT2D eigenvalue weighted by molar-refractivity contribution is 0.459. The van der Waals surface area contributed by atoms with E-state index in [0.29, 0.717) is 17.5 Å². The van der Waals surface area contributed by atoms with Gasteiger partial charge in [0.15, 0.2) is 0 Å². The van der Waals surface area contributed by atoms with Crippen molar-refractivity contribution >= 4 is 27.6 Å². The summed E-state index contributed by atoms with van der Waals surface area (Å²) < 4.78 is 26.6. The molecule has 0 saturated carbocycles. The van der Waals surface area contributed by atoms with Gasteiger partial charge in [-0.1, -0.05) is 11.6 Å². The summed E-state index contributed by atoms with van der Waals surface area (Å²) in [6, 6.07) is -0.101. The van der Waals surface area contributed by atoms with Crippen LogP contribution in [0.1, 0.15) is 26.7 Å². The van der Waals surface area contributed by atoms with Gasteiger partial charge in [0.05, 0.1) is 22.7 Å². The number of nitrogens with zero attached hydrogens (tertiary/aromatic N) is 3. The number of rotatable bonds is 4. The minimum Gasteiger partial charge on any atom is -0.339 e. The maximum absolute atomic E-state index is 11.9. The largest absolute Gasteiger partial charge is 0.339 e. The first-order valence-corrected chi connectivity index (χ1v) is 8.54. The molecule has 1 saturated heterocycles. The number of halogens is 1. The molecule has 8 heteroatoms. The maximum Gasteiger partial charge on any atom is 0.225 e. The third kappa shape index (κ3) is 3.80. The van der Waals surface area contributed by atoms with E-state index in [0.717, 1.165) is 19.4 Å². The Labute approximate surface area is 124 Å². The molecule has 1 fully saturated rings. The number of hydrogen-bond donors (Lipinski definition) is 1. The minimum atomic E-state index is -3.25. The molecule has 1 aliphatic rings. The summed E-state index contributed by atoms with van der Waals surface area (Å²) in [6.45, 7) is 4.74. The van der Waals surface area contributed by atoms with E-state index in [-0.39, 0.29) is 6.04 Å². The molecular formula is C12H19ClN4O2S. The molecule has 112 valence electrons. The van der Waals surface area contributed by atoms with E-state index in [4.69, 9.17) is 11.6 Å². The van der Waals surface area contributed by atoms with Crippen LogP contribution in [0.3, 0.4) is 0 Å². The Morgan fingerprint density at radius 2 is 2.05 bits per heavy atom. The summed E-state index contributed by atoms with van der Waals surface area (Å²) in [5.74, 6) is 0.586. The Hall–Kier alpha value is -0.920. The molecule has 1 unspecified atom stereocenters. The molecule has 20 heavy (non-hydrogen) atoms. The van der Waals surface area contributed by atoms with Crippen molar-refractivity contribution in [1.82, 2.24) is 14.7 Å². The van der Waals surface area contributed by atoms with Crippen molar-refractivity contribution in [3.8, 4) is 0 Å².